The van der Waals surface area contributed by atoms with Gasteiger partial charge in [0.25, 0.3) is 0 Å². The smallest absolute Gasteiger partial charge is 0.0642 e. The molecule has 1 saturated heterocycles. The SMILES string of the molecule is CN1CCC(CN(C)c2ccc(CN)cc2Cl)C1. The first-order valence-corrected chi connectivity index (χ1v) is 6.86. The predicted molar refractivity (Wildman–Crippen MR) is 78.2 cm³/mol. The maximum Gasteiger partial charge on any atom is 0.0642 e. The first-order valence-electron chi connectivity index (χ1n) is 6.48. The van der Waals surface area contributed by atoms with Gasteiger partial charge in [0.2, 0.25) is 0 Å². The Bertz CT molecular complexity index is 408. The van der Waals surface area contributed by atoms with E-state index in [-0.39, 0.29) is 0 Å². The van der Waals surface area contributed by atoms with Gasteiger partial charge >= 0.3 is 0 Å². The molecule has 1 atom stereocenters. The molecule has 0 aromatic heterocycles. The van der Waals surface area contributed by atoms with Crippen molar-refractivity contribution in [1.82, 2.24) is 4.90 Å². The van der Waals surface area contributed by atoms with Gasteiger partial charge in [-0.05, 0) is 43.6 Å². The van der Waals surface area contributed by atoms with Crippen molar-refractivity contribution in [2.45, 2.75) is 13.0 Å². The topological polar surface area (TPSA) is 32.5 Å². The number of benzene rings is 1. The molecule has 18 heavy (non-hydrogen) atoms. The molecule has 0 amide bonds. The zero-order chi connectivity index (χ0) is 13.1. The van der Waals surface area contributed by atoms with Crippen LogP contribution in [-0.2, 0) is 6.54 Å². The van der Waals surface area contributed by atoms with Crippen LogP contribution in [0.5, 0.6) is 0 Å². The molecule has 2 N–H and O–H groups in total. The summed E-state index contributed by atoms with van der Waals surface area (Å²) in [7, 11) is 4.30. The second-order valence-corrected chi connectivity index (χ2v) is 5.69. The minimum absolute atomic E-state index is 0.539. The molecule has 1 fully saturated rings. The van der Waals surface area contributed by atoms with E-state index in [2.05, 4.69) is 36.0 Å². The van der Waals surface area contributed by atoms with Crippen LogP contribution in [0.25, 0.3) is 0 Å². The van der Waals surface area contributed by atoms with E-state index in [0.29, 0.717) is 6.54 Å². The lowest BCUT2D eigenvalue weighted by Gasteiger charge is -2.24. The molecule has 1 aliphatic rings. The fourth-order valence-corrected chi connectivity index (χ4v) is 3.00. The van der Waals surface area contributed by atoms with Crippen LogP contribution in [0.4, 0.5) is 5.69 Å². The van der Waals surface area contributed by atoms with Gasteiger partial charge in [-0.25, -0.2) is 0 Å². The molecule has 1 heterocycles. The van der Waals surface area contributed by atoms with E-state index in [1.54, 1.807) is 0 Å². The lowest BCUT2D eigenvalue weighted by Crippen LogP contribution is -2.27. The Hall–Kier alpha value is -0.770. The van der Waals surface area contributed by atoms with Crippen LogP contribution in [0.1, 0.15) is 12.0 Å². The van der Waals surface area contributed by atoms with Gasteiger partial charge in [0.1, 0.15) is 0 Å². The molecule has 1 unspecified atom stereocenters. The number of nitrogens with two attached hydrogens (primary N) is 1. The Kier molecular flexibility index (Phi) is 4.49. The highest BCUT2D eigenvalue weighted by Gasteiger charge is 2.21. The van der Waals surface area contributed by atoms with Gasteiger partial charge < -0.3 is 15.5 Å². The Morgan fingerprint density at radius 3 is 2.83 bits per heavy atom. The van der Waals surface area contributed by atoms with E-state index < -0.39 is 0 Å². The minimum atomic E-state index is 0.539. The van der Waals surface area contributed by atoms with E-state index in [4.69, 9.17) is 17.3 Å². The highest BCUT2D eigenvalue weighted by molar-refractivity contribution is 6.33. The Morgan fingerprint density at radius 2 is 2.28 bits per heavy atom. The Balaban J connectivity index is 2.02. The largest absolute Gasteiger partial charge is 0.373 e. The van der Waals surface area contributed by atoms with Crippen LogP contribution in [0.2, 0.25) is 5.02 Å². The molecule has 0 radical (unpaired) electrons. The Labute approximate surface area is 115 Å². The van der Waals surface area contributed by atoms with E-state index in [0.717, 1.165) is 28.7 Å². The molecular formula is C14H22ClN3. The number of likely N-dealkylation sites (tertiary alicyclic amines) is 1. The van der Waals surface area contributed by atoms with E-state index in [9.17, 15) is 0 Å². The number of hydrogen-bond acceptors (Lipinski definition) is 3. The predicted octanol–water partition coefficient (Wildman–Crippen LogP) is 2.19. The summed E-state index contributed by atoms with van der Waals surface area (Å²) in [6.07, 6.45) is 1.28. The molecule has 0 saturated carbocycles. The van der Waals surface area contributed by atoms with Crippen molar-refractivity contribution >= 4 is 17.3 Å². The number of nitrogens with zero attached hydrogens (tertiary/aromatic N) is 2. The zero-order valence-corrected chi connectivity index (χ0v) is 12.0. The van der Waals surface area contributed by atoms with Gasteiger partial charge in [0.05, 0.1) is 10.7 Å². The second kappa shape index (κ2) is 5.91. The number of halogens is 1. The van der Waals surface area contributed by atoms with Gasteiger partial charge in [-0.3, -0.25) is 0 Å². The van der Waals surface area contributed by atoms with Crippen molar-refractivity contribution in [3.63, 3.8) is 0 Å². The van der Waals surface area contributed by atoms with Crippen LogP contribution < -0.4 is 10.6 Å². The lowest BCUT2D eigenvalue weighted by molar-refractivity contribution is 0.396. The molecular weight excluding hydrogens is 246 g/mol. The van der Waals surface area contributed by atoms with Crippen molar-refractivity contribution in [2.75, 3.05) is 38.6 Å². The van der Waals surface area contributed by atoms with Gasteiger partial charge in [-0.1, -0.05) is 17.7 Å². The summed E-state index contributed by atoms with van der Waals surface area (Å²) in [6, 6.07) is 6.09. The molecule has 1 aromatic rings. The van der Waals surface area contributed by atoms with Crippen molar-refractivity contribution < 1.29 is 0 Å². The minimum Gasteiger partial charge on any atom is -0.373 e. The second-order valence-electron chi connectivity index (χ2n) is 5.29. The normalized spacial score (nSPS) is 20.3. The molecule has 0 bridgehead atoms. The van der Waals surface area contributed by atoms with Gasteiger partial charge in [-0.2, -0.15) is 0 Å². The first-order chi connectivity index (χ1) is 8.60. The summed E-state index contributed by atoms with van der Waals surface area (Å²) in [5.74, 6) is 0.741. The van der Waals surface area contributed by atoms with Crippen molar-refractivity contribution in [2.24, 2.45) is 11.7 Å². The lowest BCUT2D eigenvalue weighted by atomic mass is 10.1. The molecule has 100 valence electrons. The summed E-state index contributed by atoms with van der Waals surface area (Å²) in [5, 5.41) is 0.798. The standard InChI is InChI=1S/C14H22ClN3/c1-17-6-5-12(9-17)10-18(2)14-4-3-11(8-16)7-13(14)15/h3-4,7,12H,5-6,8-10,16H2,1-2H3. The fraction of sp³-hybridized carbons (Fsp3) is 0.571. The molecule has 2 rings (SSSR count). The van der Waals surface area contributed by atoms with Crippen LogP contribution >= 0.6 is 11.6 Å². The third kappa shape index (κ3) is 3.16. The molecule has 3 nitrogen and oxygen atoms in total. The van der Waals surface area contributed by atoms with Crippen LogP contribution in [-0.4, -0.2) is 38.6 Å². The quantitative estimate of drug-likeness (QED) is 0.908. The third-order valence-electron chi connectivity index (χ3n) is 3.68. The van der Waals surface area contributed by atoms with E-state index in [1.165, 1.54) is 19.5 Å². The summed E-state index contributed by atoms with van der Waals surface area (Å²) >= 11 is 6.31. The highest BCUT2D eigenvalue weighted by Crippen LogP contribution is 2.27. The fourth-order valence-electron chi connectivity index (χ4n) is 2.65. The highest BCUT2D eigenvalue weighted by atomic mass is 35.5. The maximum atomic E-state index is 6.31. The van der Waals surface area contributed by atoms with Crippen LogP contribution in [0.3, 0.4) is 0 Å². The van der Waals surface area contributed by atoms with Crippen molar-refractivity contribution in [1.29, 1.82) is 0 Å². The molecule has 0 aliphatic carbocycles. The summed E-state index contributed by atoms with van der Waals surface area (Å²) in [6.45, 7) is 3.99. The number of anilines is 1. The van der Waals surface area contributed by atoms with Crippen LogP contribution in [0.15, 0.2) is 18.2 Å². The molecule has 1 aliphatic heterocycles. The van der Waals surface area contributed by atoms with Crippen LogP contribution in [0, 0.1) is 5.92 Å². The average Bonchev–Trinajstić information content (AvgIpc) is 2.74. The zero-order valence-electron chi connectivity index (χ0n) is 11.2. The Morgan fingerprint density at radius 1 is 1.50 bits per heavy atom. The molecule has 1 aromatic carbocycles. The number of rotatable bonds is 4. The molecule has 0 spiro atoms. The van der Waals surface area contributed by atoms with Crippen molar-refractivity contribution in [3.8, 4) is 0 Å². The molecule has 4 heteroatoms. The van der Waals surface area contributed by atoms with Gasteiger partial charge in [0, 0.05) is 26.7 Å². The van der Waals surface area contributed by atoms with Gasteiger partial charge in [0.15, 0.2) is 0 Å². The summed E-state index contributed by atoms with van der Waals surface area (Å²) < 4.78 is 0. The third-order valence-corrected chi connectivity index (χ3v) is 3.98. The summed E-state index contributed by atoms with van der Waals surface area (Å²) in [5.41, 5.74) is 7.80. The average molecular weight is 268 g/mol. The van der Waals surface area contributed by atoms with E-state index >= 15 is 0 Å². The summed E-state index contributed by atoms with van der Waals surface area (Å²) in [4.78, 5) is 4.64. The van der Waals surface area contributed by atoms with E-state index in [1.807, 2.05) is 6.07 Å². The first kappa shape index (κ1) is 13.7. The number of hydrogen-bond donors (Lipinski definition) is 1. The maximum absolute atomic E-state index is 6.31. The van der Waals surface area contributed by atoms with Gasteiger partial charge in [-0.15, -0.1) is 0 Å². The monoisotopic (exact) mass is 267 g/mol. The van der Waals surface area contributed by atoms with Crippen molar-refractivity contribution in [3.05, 3.63) is 28.8 Å².